The van der Waals surface area contributed by atoms with Gasteiger partial charge in [-0.05, 0) is 59.8 Å². The number of thioether (sulfide) groups is 1. The van der Waals surface area contributed by atoms with Crippen LogP contribution < -0.4 is 0 Å². The van der Waals surface area contributed by atoms with Crippen LogP contribution in [0.4, 0.5) is 0 Å². The Morgan fingerprint density at radius 1 is 0.943 bits per heavy atom. The van der Waals surface area contributed by atoms with Gasteiger partial charge in [-0.2, -0.15) is 0 Å². The zero-order valence-electron chi connectivity index (χ0n) is 19.6. The predicted molar refractivity (Wildman–Crippen MR) is 157 cm³/mol. The van der Waals surface area contributed by atoms with Crippen LogP contribution in [0.1, 0.15) is 27.7 Å². The van der Waals surface area contributed by atoms with Crippen molar-refractivity contribution in [3.05, 3.63) is 52.5 Å². The molecule has 0 aliphatic heterocycles. The van der Waals surface area contributed by atoms with Crippen LogP contribution in [0, 0.1) is 14.8 Å². The minimum absolute atomic E-state index is 0.0616. The quantitative estimate of drug-likeness (QED) is 0.106. The molecule has 1 N–H and O–H groups in total. The third-order valence-corrected chi connectivity index (χ3v) is 9.93. The number of alkyl halides is 2. The summed E-state index contributed by atoms with van der Waals surface area (Å²) in [5, 5.41) is -0.320. The van der Waals surface area contributed by atoms with Gasteiger partial charge in [0.2, 0.25) is 10.4 Å². The minimum atomic E-state index is -0.566. The molecule has 0 radical (unpaired) electrons. The maximum atomic E-state index is 12.0. The van der Waals surface area contributed by atoms with E-state index in [2.05, 4.69) is 16.0 Å². The number of hydrogen-bond acceptors (Lipinski definition) is 7. The maximum absolute atomic E-state index is 12.0. The van der Waals surface area contributed by atoms with Gasteiger partial charge in [-0.3, -0.25) is 9.59 Å². The van der Waals surface area contributed by atoms with Crippen LogP contribution in [0.25, 0.3) is 20.4 Å². The largest absolute Gasteiger partial charge is 0.337 e. The SMILES string of the molecule is CC(C)(CCl)C(=O)Cl.CC(C)(CCl)C(=O)Sc1nc2ccccc2s1.S=c1[nH]c2ccccc2s1. The molecule has 4 nitrogen and oxygen atoms in total. The summed E-state index contributed by atoms with van der Waals surface area (Å²) in [5.41, 5.74) is 1.00. The molecule has 2 aromatic carbocycles. The summed E-state index contributed by atoms with van der Waals surface area (Å²) in [7, 11) is 0. The molecule has 0 saturated heterocycles. The number of nitrogens with one attached hydrogen (secondary N) is 1. The smallest absolute Gasteiger partial charge is 0.228 e. The van der Waals surface area contributed by atoms with Crippen molar-refractivity contribution in [1.29, 1.82) is 0 Å². The number of carbonyl (C=O) groups excluding carboxylic acids is 2. The number of para-hydroxylation sites is 2. The first-order valence-corrected chi connectivity index (χ1v) is 14.7. The average Bonchev–Trinajstić information content (AvgIpc) is 3.41. The number of rotatable bonds is 5. The maximum Gasteiger partial charge on any atom is 0.228 e. The number of aromatic amines is 1. The van der Waals surface area contributed by atoms with Crippen molar-refractivity contribution in [2.24, 2.45) is 10.8 Å². The number of aromatic nitrogens is 2. The van der Waals surface area contributed by atoms with Crippen molar-refractivity contribution < 1.29 is 9.59 Å². The third kappa shape index (κ3) is 9.11. The van der Waals surface area contributed by atoms with E-state index in [0.717, 1.165) is 24.0 Å². The fourth-order valence-electron chi connectivity index (χ4n) is 2.11. The highest BCUT2D eigenvalue weighted by Crippen LogP contribution is 2.35. The number of H-pyrrole nitrogens is 1. The van der Waals surface area contributed by atoms with Crippen LogP contribution in [0.2, 0.25) is 0 Å². The van der Waals surface area contributed by atoms with Gasteiger partial charge >= 0.3 is 0 Å². The molecule has 0 unspecified atom stereocenters. The first kappa shape index (κ1) is 30.2. The second-order valence-electron chi connectivity index (χ2n) is 8.66. The summed E-state index contributed by atoms with van der Waals surface area (Å²) in [6.45, 7) is 7.11. The molecule has 0 amide bonds. The molecule has 2 heterocycles. The number of halogens is 3. The third-order valence-electron chi connectivity index (χ3n) is 4.53. The first-order chi connectivity index (χ1) is 16.4. The standard InChI is InChI=1S/C12H12ClNOS2.C7H5NS2.C5H8Cl2O/c1-12(2,7-13)10(15)17-11-14-8-5-3-4-6-9(8)16-11;9-7-8-5-3-1-2-4-6(5)10-7;1-5(2,3-6)4(7)8/h3-6H,7H2,1-2H3;1-4H,(H,8,9);3H2,1-2H3. The Kier molecular flexibility index (Phi) is 11.7. The van der Waals surface area contributed by atoms with Crippen LogP contribution in [0.15, 0.2) is 52.9 Å². The van der Waals surface area contributed by atoms with Gasteiger partial charge in [0.15, 0.2) is 8.29 Å². The summed E-state index contributed by atoms with van der Waals surface area (Å²) < 4.78 is 3.97. The Morgan fingerprint density at radius 2 is 1.51 bits per heavy atom. The number of benzene rings is 2. The molecule has 4 rings (SSSR count). The molecule has 0 aliphatic carbocycles. The number of fused-ring (bicyclic) bond motifs is 2. The number of hydrogen-bond donors (Lipinski definition) is 1. The molecule has 0 aliphatic rings. The van der Waals surface area contributed by atoms with E-state index in [-0.39, 0.29) is 16.2 Å². The normalized spacial score (nSPS) is 11.4. The Balaban J connectivity index is 0.000000204. The minimum Gasteiger partial charge on any atom is -0.337 e. The fourth-order valence-corrected chi connectivity index (χ4v) is 5.70. The van der Waals surface area contributed by atoms with E-state index < -0.39 is 10.8 Å². The molecular weight excluding hydrogens is 583 g/mol. The van der Waals surface area contributed by atoms with Gasteiger partial charge < -0.3 is 4.98 Å². The second-order valence-corrected chi connectivity index (χ2v) is 13.5. The van der Waals surface area contributed by atoms with Gasteiger partial charge in [0.05, 0.1) is 25.8 Å². The summed E-state index contributed by atoms with van der Waals surface area (Å²) in [4.78, 5) is 29.9. The van der Waals surface area contributed by atoms with Gasteiger partial charge in [0.1, 0.15) is 0 Å². The van der Waals surface area contributed by atoms with Crippen molar-refractivity contribution >= 4 is 112 Å². The first-order valence-electron chi connectivity index (χ1n) is 10.4. The van der Waals surface area contributed by atoms with Crippen molar-refractivity contribution in [2.75, 3.05) is 11.8 Å². The van der Waals surface area contributed by atoms with E-state index >= 15 is 0 Å². The van der Waals surface area contributed by atoms with Gasteiger partial charge in [-0.1, -0.05) is 52.0 Å². The molecule has 11 heteroatoms. The Morgan fingerprint density at radius 3 is 2.03 bits per heavy atom. The van der Waals surface area contributed by atoms with Gasteiger partial charge in [-0.25, -0.2) is 4.98 Å². The Hall–Kier alpha value is -1.00. The van der Waals surface area contributed by atoms with Crippen LogP contribution in [-0.2, 0) is 9.59 Å². The van der Waals surface area contributed by atoms with Crippen molar-refractivity contribution in [3.63, 3.8) is 0 Å². The van der Waals surface area contributed by atoms with Crippen LogP contribution in [0.5, 0.6) is 0 Å². The molecule has 0 saturated carbocycles. The molecule has 0 bridgehead atoms. The lowest BCUT2D eigenvalue weighted by Gasteiger charge is -2.17. The van der Waals surface area contributed by atoms with E-state index in [1.807, 2.05) is 56.3 Å². The Labute approximate surface area is 237 Å². The van der Waals surface area contributed by atoms with Gasteiger partial charge in [0.25, 0.3) is 0 Å². The highest BCUT2D eigenvalue weighted by Gasteiger charge is 2.28. The van der Waals surface area contributed by atoms with E-state index in [4.69, 9.17) is 47.0 Å². The number of thiazole rings is 2. The van der Waals surface area contributed by atoms with E-state index in [1.54, 1.807) is 36.5 Å². The summed E-state index contributed by atoms with van der Waals surface area (Å²) in [6.07, 6.45) is 0. The molecule has 2 aromatic heterocycles. The molecular formula is C24H25Cl3N2O2S4. The molecule has 0 spiro atoms. The molecule has 188 valence electrons. The lowest BCUT2D eigenvalue weighted by molar-refractivity contribution is -0.118. The topological polar surface area (TPSA) is 62.8 Å². The molecule has 4 aromatic rings. The van der Waals surface area contributed by atoms with Gasteiger partial charge in [0, 0.05) is 17.2 Å². The average molecular weight is 608 g/mol. The number of nitrogens with zero attached hydrogens (tertiary/aromatic N) is 1. The summed E-state index contributed by atoms with van der Waals surface area (Å²) in [6, 6.07) is 16.0. The number of carbonyl (C=O) groups is 2. The lowest BCUT2D eigenvalue weighted by atomic mass is 9.99. The van der Waals surface area contributed by atoms with Crippen LogP contribution in [0.3, 0.4) is 0 Å². The van der Waals surface area contributed by atoms with Crippen molar-refractivity contribution in [1.82, 2.24) is 9.97 Å². The van der Waals surface area contributed by atoms with Crippen molar-refractivity contribution in [2.45, 2.75) is 32.0 Å². The highest BCUT2D eigenvalue weighted by atomic mass is 35.5. The highest BCUT2D eigenvalue weighted by molar-refractivity contribution is 8.15. The Bertz CT molecular complexity index is 1280. The molecule has 0 fully saturated rings. The van der Waals surface area contributed by atoms with Gasteiger partial charge in [-0.15, -0.1) is 45.9 Å². The van der Waals surface area contributed by atoms with E-state index in [0.29, 0.717) is 5.88 Å². The van der Waals surface area contributed by atoms with E-state index in [1.165, 1.54) is 16.5 Å². The van der Waals surface area contributed by atoms with E-state index in [9.17, 15) is 9.59 Å². The second kappa shape index (κ2) is 13.5. The fraction of sp³-hybridized carbons (Fsp3) is 0.333. The lowest BCUT2D eigenvalue weighted by Crippen LogP contribution is -2.22. The molecule has 0 atom stereocenters. The van der Waals surface area contributed by atoms with Crippen LogP contribution >= 0.6 is 81.5 Å². The zero-order valence-corrected chi connectivity index (χ0v) is 25.1. The predicted octanol–water partition coefficient (Wildman–Crippen LogP) is 9.16. The van der Waals surface area contributed by atoms with Crippen molar-refractivity contribution in [3.8, 4) is 0 Å². The summed E-state index contributed by atoms with van der Waals surface area (Å²) >= 11 is 25.6. The molecule has 35 heavy (non-hydrogen) atoms. The summed E-state index contributed by atoms with van der Waals surface area (Å²) in [5.74, 6) is 0.596. The monoisotopic (exact) mass is 606 g/mol. The van der Waals surface area contributed by atoms with Crippen LogP contribution in [-0.4, -0.2) is 32.1 Å². The zero-order chi connectivity index (χ0) is 26.2.